The minimum atomic E-state index is -3.48. The van der Waals surface area contributed by atoms with Crippen molar-refractivity contribution in [1.29, 1.82) is 0 Å². The molecule has 0 radical (unpaired) electrons. The van der Waals surface area contributed by atoms with E-state index in [0.29, 0.717) is 51.5 Å². The summed E-state index contributed by atoms with van der Waals surface area (Å²) in [5.41, 5.74) is 2.42. The molecule has 2 aromatic carbocycles. The van der Waals surface area contributed by atoms with Crippen molar-refractivity contribution in [3.05, 3.63) is 66.2 Å². The van der Waals surface area contributed by atoms with Gasteiger partial charge in [0.25, 0.3) is 0 Å². The zero-order chi connectivity index (χ0) is 23.6. The zero-order valence-electron chi connectivity index (χ0n) is 17.6. The first-order valence-corrected chi connectivity index (χ1v) is 13.4. The summed E-state index contributed by atoms with van der Waals surface area (Å²) in [6.07, 6.45) is 3.15. The predicted octanol–water partition coefficient (Wildman–Crippen LogP) is 4.55. The van der Waals surface area contributed by atoms with Crippen molar-refractivity contribution in [1.82, 2.24) is 9.97 Å². The molecule has 8 nitrogen and oxygen atoms in total. The lowest BCUT2D eigenvalue weighted by Gasteiger charge is -2.14. The van der Waals surface area contributed by atoms with Gasteiger partial charge in [-0.3, -0.25) is 4.79 Å². The van der Waals surface area contributed by atoms with Crippen LogP contribution in [0.15, 0.2) is 54.9 Å². The molecule has 1 saturated carbocycles. The van der Waals surface area contributed by atoms with Crippen LogP contribution in [0.1, 0.15) is 18.4 Å². The number of alkyl halides is 1. The molecule has 11 heteroatoms. The zero-order valence-corrected chi connectivity index (χ0v) is 20.6. The highest BCUT2D eigenvalue weighted by atomic mass is 127. The second kappa shape index (κ2) is 9.21. The van der Waals surface area contributed by atoms with Gasteiger partial charge in [0.05, 0.1) is 0 Å². The first-order chi connectivity index (χ1) is 15.7. The molecule has 1 heterocycles. The summed E-state index contributed by atoms with van der Waals surface area (Å²) >= 11 is 2.11. The van der Waals surface area contributed by atoms with Gasteiger partial charge in [0.15, 0.2) is 14.6 Å². The maximum Gasteiger partial charge on any atom is 0.245 e. The van der Waals surface area contributed by atoms with Crippen molar-refractivity contribution in [2.45, 2.75) is 22.0 Å². The number of aromatic nitrogens is 2. The van der Waals surface area contributed by atoms with E-state index in [4.69, 9.17) is 0 Å². The molecule has 4 rings (SSSR count). The third-order valence-corrected chi connectivity index (χ3v) is 8.18. The molecule has 1 fully saturated rings. The average Bonchev–Trinajstić information content (AvgIpc) is 3.58. The Balaban J connectivity index is 1.46. The van der Waals surface area contributed by atoms with Crippen molar-refractivity contribution < 1.29 is 17.6 Å². The standard InChI is InChI=1S/C22H21FIN5O3S/c1-33(31,32)22(7-8-22)21(30)29-16-4-2-3-15(10-16)27-19-11-20(26-13-25-19)28-17-5-6-18(23)14(9-17)12-24/h2-6,9-11,13H,7-8,12H2,1H3,(H,29,30)(H2,25,26,27,28). The van der Waals surface area contributed by atoms with Crippen molar-refractivity contribution in [3.8, 4) is 0 Å². The molecule has 0 bridgehead atoms. The molecule has 1 amide bonds. The lowest BCUT2D eigenvalue weighted by molar-refractivity contribution is -0.116. The molecular weight excluding hydrogens is 560 g/mol. The minimum absolute atomic E-state index is 0.254. The molecule has 0 atom stereocenters. The summed E-state index contributed by atoms with van der Waals surface area (Å²) in [6.45, 7) is 0. The van der Waals surface area contributed by atoms with E-state index in [1.807, 2.05) is 0 Å². The van der Waals surface area contributed by atoms with Crippen LogP contribution in [0.4, 0.5) is 33.1 Å². The van der Waals surface area contributed by atoms with E-state index in [2.05, 4.69) is 48.5 Å². The molecule has 3 aromatic rings. The lowest BCUT2D eigenvalue weighted by atomic mass is 10.2. The molecule has 1 aromatic heterocycles. The molecule has 172 valence electrons. The summed E-state index contributed by atoms with van der Waals surface area (Å²) < 4.78 is 36.9. The number of halogens is 2. The van der Waals surface area contributed by atoms with E-state index in [0.717, 1.165) is 6.26 Å². The van der Waals surface area contributed by atoms with Crippen LogP contribution < -0.4 is 16.0 Å². The van der Waals surface area contributed by atoms with Gasteiger partial charge in [0.1, 0.15) is 23.8 Å². The van der Waals surface area contributed by atoms with Gasteiger partial charge in [-0.15, -0.1) is 0 Å². The van der Waals surface area contributed by atoms with Gasteiger partial charge >= 0.3 is 0 Å². The van der Waals surface area contributed by atoms with E-state index >= 15 is 0 Å². The Labute approximate surface area is 204 Å². The molecule has 0 aliphatic heterocycles. The number of hydrogen-bond acceptors (Lipinski definition) is 7. The fourth-order valence-electron chi connectivity index (χ4n) is 3.34. The predicted molar refractivity (Wildman–Crippen MR) is 135 cm³/mol. The van der Waals surface area contributed by atoms with E-state index in [1.54, 1.807) is 42.5 Å². The summed E-state index contributed by atoms with van der Waals surface area (Å²) in [5.74, 6) is 0.255. The van der Waals surface area contributed by atoms with Gasteiger partial charge in [-0.2, -0.15) is 0 Å². The summed E-state index contributed by atoms with van der Waals surface area (Å²) in [5, 5.41) is 8.97. The highest BCUT2D eigenvalue weighted by molar-refractivity contribution is 14.1. The number of hydrogen-bond donors (Lipinski definition) is 3. The molecule has 3 N–H and O–H groups in total. The Morgan fingerprint density at radius 1 is 1.03 bits per heavy atom. The van der Waals surface area contributed by atoms with E-state index in [1.165, 1.54) is 12.4 Å². The lowest BCUT2D eigenvalue weighted by Crippen LogP contribution is -2.36. The van der Waals surface area contributed by atoms with Gasteiger partial charge < -0.3 is 16.0 Å². The number of rotatable bonds is 8. The molecule has 1 aliphatic carbocycles. The van der Waals surface area contributed by atoms with Crippen LogP contribution in [-0.4, -0.2) is 35.3 Å². The van der Waals surface area contributed by atoms with E-state index in [9.17, 15) is 17.6 Å². The number of nitrogens with one attached hydrogen (secondary N) is 3. The molecular formula is C22H21FIN5O3S. The maximum atomic E-state index is 13.7. The Kier molecular flexibility index (Phi) is 6.52. The fourth-order valence-corrected chi connectivity index (χ4v) is 5.16. The van der Waals surface area contributed by atoms with Gasteiger partial charge in [-0.25, -0.2) is 22.8 Å². The van der Waals surface area contributed by atoms with Crippen molar-refractivity contribution >= 4 is 67.0 Å². The SMILES string of the molecule is CS(=O)(=O)C1(C(=O)Nc2cccc(Nc3cc(Nc4ccc(F)c(CI)c4)ncn3)c2)CC1. The highest BCUT2D eigenvalue weighted by Gasteiger charge is 2.58. The van der Waals surface area contributed by atoms with Crippen LogP contribution in [0.5, 0.6) is 0 Å². The Morgan fingerprint density at radius 3 is 2.27 bits per heavy atom. The van der Waals surface area contributed by atoms with Crippen LogP contribution in [0, 0.1) is 5.82 Å². The largest absolute Gasteiger partial charge is 0.340 e. The number of benzene rings is 2. The van der Waals surface area contributed by atoms with Gasteiger partial charge in [-0.1, -0.05) is 28.7 Å². The minimum Gasteiger partial charge on any atom is -0.340 e. The van der Waals surface area contributed by atoms with Gasteiger partial charge in [0.2, 0.25) is 5.91 Å². The first-order valence-electron chi connectivity index (χ1n) is 10.0. The second-order valence-electron chi connectivity index (χ2n) is 7.78. The number of anilines is 5. The molecule has 0 spiro atoms. The van der Waals surface area contributed by atoms with Crippen molar-refractivity contribution in [2.24, 2.45) is 0 Å². The van der Waals surface area contributed by atoms with Gasteiger partial charge in [-0.05, 0) is 54.8 Å². The molecule has 33 heavy (non-hydrogen) atoms. The monoisotopic (exact) mass is 581 g/mol. The number of carbonyl (C=O) groups excluding carboxylic acids is 1. The maximum absolute atomic E-state index is 13.7. The Morgan fingerprint density at radius 2 is 1.67 bits per heavy atom. The molecule has 1 aliphatic rings. The Hall–Kier alpha value is -2.80. The van der Waals surface area contributed by atoms with Gasteiger partial charge in [0, 0.05) is 33.8 Å². The third kappa shape index (κ3) is 5.24. The topological polar surface area (TPSA) is 113 Å². The van der Waals surface area contributed by atoms with Crippen LogP contribution in [0.2, 0.25) is 0 Å². The first kappa shape index (κ1) is 23.4. The number of sulfone groups is 1. The number of nitrogens with zero attached hydrogens (tertiary/aromatic N) is 2. The average molecular weight is 581 g/mol. The van der Waals surface area contributed by atoms with Crippen molar-refractivity contribution in [2.75, 3.05) is 22.2 Å². The van der Waals surface area contributed by atoms with Crippen LogP contribution in [0.3, 0.4) is 0 Å². The van der Waals surface area contributed by atoms with E-state index < -0.39 is 20.5 Å². The second-order valence-corrected chi connectivity index (χ2v) is 10.9. The quantitative estimate of drug-likeness (QED) is 0.264. The smallest absolute Gasteiger partial charge is 0.245 e. The normalized spacial score (nSPS) is 14.4. The summed E-state index contributed by atoms with van der Waals surface area (Å²) in [4.78, 5) is 20.9. The number of carbonyl (C=O) groups is 1. The van der Waals surface area contributed by atoms with Crippen LogP contribution in [0.25, 0.3) is 0 Å². The van der Waals surface area contributed by atoms with Crippen LogP contribution in [-0.2, 0) is 19.1 Å². The fraction of sp³-hybridized carbons (Fsp3) is 0.227. The molecule has 0 unspecified atom stereocenters. The van der Waals surface area contributed by atoms with Crippen LogP contribution >= 0.6 is 22.6 Å². The number of amides is 1. The summed E-state index contributed by atoms with van der Waals surface area (Å²) in [7, 11) is -3.48. The third-order valence-electron chi connectivity index (χ3n) is 5.35. The molecule has 0 saturated heterocycles. The highest BCUT2D eigenvalue weighted by Crippen LogP contribution is 2.44. The van der Waals surface area contributed by atoms with Crippen molar-refractivity contribution in [3.63, 3.8) is 0 Å². The summed E-state index contributed by atoms with van der Waals surface area (Å²) in [6, 6.07) is 13.4. The van der Waals surface area contributed by atoms with E-state index in [-0.39, 0.29) is 5.82 Å². The Bertz CT molecular complexity index is 1310.